The average molecular weight is 532 g/mol. The number of carbonyl (C=O) groups is 4. The van der Waals surface area contributed by atoms with Crippen molar-refractivity contribution < 1.29 is 33.4 Å². The largest absolute Gasteiger partial charge is 0.495 e. The Hall–Kier alpha value is -3.86. The van der Waals surface area contributed by atoms with Gasteiger partial charge in [0.1, 0.15) is 23.7 Å². The van der Waals surface area contributed by atoms with Crippen molar-refractivity contribution in [3.63, 3.8) is 0 Å². The summed E-state index contributed by atoms with van der Waals surface area (Å²) in [7, 11) is 1.47. The van der Waals surface area contributed by atoms with Crippen LogP contribution in [0.3, 0.4) is 0 Å². The molecule has 0 aliphatic carbocycles. The van der Waals surface area contributed by atoms with E-state index in [4.69, 9.17) is 14.2 Å². The molecule has 11 heteroatoms. The summed E-state index contributed by atoms with van der Waals surface area (Å²) in [6, 6.07) is 11.0. The summed E-state index contributed by atoms with van der Waals surface area (Å²) in [6.45, 7) is 1.25. The highest BCUT2D eigenvalue weighted by Gasteiger charge is 2.35. The summed E-state index contributed by atoms with van der Waals surface area (Å²) in [5.41, 5.74) is 1.02. The first-order valence-electron chi connectivity index (χ1n) is 10.2. The predicted molar refractivity (Wildman–Crippen MR) is 126 cm³/mol. The molecule has 2 aromatic carbocycles. The van der Waals surface area contributed by atoms with Crippen LogP contribution in [0.5, 0.6) is 11.5 Å². The maximum absolute atomic E-state index is 12.7. The number of hydrogen-bond donors (Lipinski definition) is 2. The fraction of sp³-hybridized carbons (Fsp3) is 0.217. The Labute approximate surface area is 204 Å². The minimum atomic E-state index is -0.708. The molecule has 0 radical (unpaired) electrons. The van der Waals surface area contributed by atoms with E-state index in [2.05, 4.69) is 26.6 Å². The van der Waals surface area contributed by atoms with Crippen LogP contribution in [0.4, 0.5) is 10.5 Å². The van der Waals surface area contributed by atoms with Gasteiger partial charge in [0.05, 0.1) is 23.9 Å². The van der Waals surface area contributed by atoms with Gasteiger partial charge in [0.15, 0.2) is 6.61 Å². The van der Waals surface area contributed by atoms with Crippen molar-refractivity contribution in [2.24, 2.45) is 0 Å². The standard InChI is InChI=1S/C23H22BrN3O7/c1-3-33-21(29)13-34-18-9-8-14(10-15(18)24)11-17-22(30)27(23(31)26-17)12-20(28)25-16-6-4-5-7-19(16)32-2/h4-11H,3,12-13H2,1-2H3,(H,25,28)(H,26,31)/b17-11+. The van der Waals surface area contributed by atoms with Crippen molar-refractivity contribution >= 4 is 51.5 Å². The molecule has 2 N–H and O–H groups in total. The van der Waals surface area contributed by atoms with Crippen LogP contribution in [0, 0.1) is 0 Å². The van der Waals surface area contributed by atoms with Gasteiger partial charge in [-0.25, -0.2) is 14.5 Å². The molecule has 1 fully saturated rings. The van der Waals surface area contributed by atoms with Crippen molar-refractivity contribution in [3.8, 4) is 11.5 Å². The minimum Gasteiger partial charge on any atom is -0.495 e. The lowest BCUT2D eigenvalue weighted by Gasteiger charge is -2.13. The molecule has 1 aliphatic heterocycles. The molecular formula is C23H22BrN3O7. The van der Waals surface area contributed by atoms with E-state index in [1.807, 2.05) is 0 Å². The molecule has 2 aromatic rings. The summed E-state index contributed by atoms with van der Waals surface area (Å²) in [5.74, 6) is -0.825. The SMILES string of the molecule is CCOC(=O)COc1ccc(/C=C2/NC(=O)N(CC(=O)Nc3ccccc3OC)C2=O)cc1Br. The molecule has 1 saturated heterocycles. The van der Waals surface area contributed by atoms with Crippen LogP contribution in [0.25, 0.3) is 6.08 Å². The van der Waals surface area contributed by atoms with Crippen LogP contribution < -0.4 is 20.1 Å². The first-order chi connectivity index (χ1) is 16.3. The molecular weight excluding hydrogens is 510 g/mol. The Morgan fingerprint density at radius 3 is 2.62 bits per heavy atom. The van der Waals surface area contributed by atoms with Crippen molar-refractivity contribution in [3.05, 3.63) is 58.2 Å². The molecule has 3 rings (SSSR count). The lowest BCUT2D eigenvalue weighted by molar-refractivity contribution is -0.145. The van der Waals surface area contributed by atoms with E-state index in [0.717, 1.165) is 4.90 Å². The van der Waals surface area contributed by atoms with E-state index < -0.39 is 30.4 Å². The molecule has 0 aromatic heterocycles. The van der Waals surface area contributed by atoms with Crippen LogP contribution >= 0.6 is 15.9 Å². The highest BCUT2D eigenvalue weighted by molar-refractivity contribution is 9.10. The number of imide groups is 1. The van der Waals surface area contributed by atoms with Gasteiger partial charge >= 0.3 is 12.0 Å². The van der Waals surface area contributed by atoms with E-state index in [1.54, 1.807) is 49.4 Å². The smallest absolute Gasteiger partial charge is 0.344 e. The second-order valence-corrected chi connectivity index (χ2v) is 7.77. The van der Waals surface area contributed by atoms with Gasteiger partial charge in [-0.05, 0) is 58.8 Å². The molecule has 10 nitrogen and oxygen atoms in total. The monoisotopic (exact) mass is 531 g/mol. The number of methoxy groups -OCH3 is 1. The lowest BCUT2D eigenvalue weighted by Crippen LogP contribution is -2.38. The molecule has 0 atom stereocenters. The fourth-order valence-corrected chi connectivity index (χ4v) is 3.54. The minimum absolute atomic E-state index is 0.0159. The zero-order chi connectivity index (χ0) is 24.7. The number of carbonyl (C=O) groups excluding carboxylic acids is 4. The van der Waals surface area contributed by atoms with E-state index in [0.29, 0.717) is 27.2 Å². The number of urea groups is 1. The van der Waals surface area contributed by atoms with Crippen molar-refractivity contribution in [1.82, 2.24) is 10.2 Å². The zero-order valence-corrected chi connectivity index (χ0v) is 20.0. The quantitative estimate of drug-likeness (QED) is 0.289. The van der Waals surface area contributed by atoms with Crippen molar-refractivity contribution in [1.29, 1.82) is 0 Å². The second kappa shape index (κ2) is 11.3. The third-order valence-corrected chi connectivity index (χ3v) is 5.18. The van der Waals surface area contributed by atoms with Crippen LogP contribution in [0.2, 0.25) is 0 Å². The Bertz CT molecular complexity index is 1150. The molecule has 34 heavy (non-hydrogen) atoms. The topological polar surface area (TPSA) is 123 Å². The molecule has 1 heterocycles. The van der Waals surface area contributed by atoms with E-state index in [9.17, 15) is 19.2 Å². The number of hydrogen-bond acceptors (Lipinski definition) is 7. The van der Waals surface area contributed by atoms with Crippen molar-refractivity contribution in [2.75, 3.05) is 32.2 Å². The summed E-state index contributed by atoms with van der Waals surface area (Å²) in [6.07, 6.45) is 1.47. The Balaban J connectivity index is 1.65. The Morgan fingerprint density at radius 1 is 1.15 bits per heavy atom. The molecule has 0 spiro atoms. The Kier molecular flexibility index (Phi) is 8.25. The number of anilines is 1. The maximum Gasteiger partial charge on any atom is 0.344 e. The second-order valence-electron chi connectivity index (χ2n) is 6.91. The average Bonchev–Trinajstić information content (AvgIpc) is 3.06. The Morgan fingerprint density at radius 2 is 1.91 bits per heavy atom. The number of nitrogens with zero attached hydrogens (tertiary/aromatic N) is 1. The highest BCUT2D eigenvalue weighted by atomic mass is 79.9. The zero-order valence-electron chi connectivity index (χ0n) is 18.4. The van der Waals surface area contributed by atoms with Crippen LogP contribution in [-0.4, -0.2) is 55.6 Å². The number of para-hydroxylation sites is 2. The third-order valence-electron chi connectivity index (χ3n) is 4.56. The first-order valence-corrected chi connectivity index (χ1v) is 11.0. The highest BCUT2D eigenvalue weighted by Crippen LogP contribution is 2.27. The van der Waals surface area contributed by atoms with Crippen LogP contribution in [0.1, 0.15) is 12.5 Å². The molecule has 178 valence electrons. The van der Waals surface area contributed by atoms with Crippen molar-refractivity contribution in [2.45, 2.75) is 6.92 Å². The van der Waals surface area contributed by atoms with Gasteiger partial charge < -0.3 is 24.8 Å². The number of ether oxygens (including phenoxy) is 3. The molecule has 0 bridgehead atoms. The third kappa shape index (κ3) is 6.13. The number of benzene rings is 2. The molecule has 0 unspecified atom stereocenters. The van der Waals surface area contributed by atoms with Gasteiger partial charge in [-0.1, -0.05) is 18.2 Å². The number of nitrogens with one attached hydrogen (secondary N) is 2. The first kappa shape index (κ1) is 24.8. The van der Waals surface area contributed by atoms with Gasteiger partial charge in [0.25, 0.3) is 5.91 Å². The number of halogens is 1. The molecule has 4 amide bonds. The predicted octanol–water partition coefficient (Wildman–Crippen LogP) is 2.93. The van der Waals surface area contributed by atoms with Gasteiger partial charge in [-0.2, -0.15) is 0 Å². The molecule has 1 aliphatic rings. The number of esters is 1. The lowest BCUT2D eigenvalue weighted by atomic mass is 10.2. The summed E-state index contributed by atoms with van der Waals surface area (Å²) in [4.78, 5) is 49.7. The van der Waals surface area contributed by atoms with Gasteiger partial charge in [-0.15, -0.1) is 0 Å². The van der Waals surface area contributed by atoms with Gasteiger partial charge in [0, 0.05) is 0 Å². The van der Waals surface area contributed by atoms with Gasteiger partial charge in [-0.3, -0.25) is 9.59 Å². The van der Waals surface area contributed by atoms with Gasteiger partial charge in [0.2, 0.25) is 5.91 Å². The summed E-state index contributed by atoms with van der Waals surface area (Å²) < 4.78 is 15.9. The molecule has 0 saturated carbocycles. The summed E-state index contributed by atoms with van der Waals surface area (Å²) in [5, 5.41) is 5.09. The number of rotatable bonds is 9. The van der Waals surface area contributed by atoms with Crippen LogP contribution in [0.15, 0.2) is 52.6 Å². The number of amides is 4. The maximum atomic E-state index is 12.7. The normalized spacial score (nSPS) is 14.1. The van der Waals surface area contributed by atoms with Crippen LogP contribution in [-0.2, 0) is 19.1 Å². The summed E-state index contributed by atoms with van der Waals surface area (Å²) >= 11 is 3.35. The van der Waals surface area contributed by atoms with E-state index in [1.165, 1.54) is 13.2 Å². The van der Waals surface area contributed by atoms with E-state index in [-0.39, 0.29) is 18.9 Å². The fourth-order valence-electron chi connectivity index (χ4n) is 3.03. The van der Waals surface area contributed by atoms with E-state index >= 15 is 0 Å².